The van der Waals surface area contributed by atoms with Crippen LogP contribution in [0.15, 0.2) is 30.5 Å². The Bertz CT molecular complexity index is 605. The van der Waals surface area contributed by atoms with Crippen molar-refractivity contribution in [1.82, 2.24) is 4.98 Å². The Morgan fingerprint density at radius 2 is 2.05 bits per heavy atom. The van der Waals surface area contributed by atoms with Gasteiger partial charge < -0.3 is 11.1 Å². The summed E-state index contributed by atoms with van der Waals surface area (Å²) in [5.74, 6) is 0.896. The van der Waals surface area contributed by atoms with Crippen LogP contribution in [0.1, 0.15) is 29.5 Å². The molecule has 1 aliphatic rings. The molecule has 1 aliphatic carbocycles. The van der Waals surface area contributed by atoms with Gasteiger partial charge in [-0.05, 0) is 61.4 Å². The largest absolute Gasteiger partial charge is 0.397 e. The van der Waals surface area contributed by atoms with Crippen LogP contribution < -0.4 is 11.1 Å². The van der Waals surface area contributed by atoms with Gasteiger partial charge in [-0.3, -0.25) is 0 Å². The summed E-state index contributed by atoms with van der Waals surface area (Å²) in [7, 11) is 0. The average molecular weight is 253 g/mol. The Morgan fingerprint density at radius 1 is 1.21 bits per heavy atom. The van der Waals surface area contributed by atoms with E-state index in [2.05, 4.69) is 28.5 Å². The van der Waals surface area contributed by atoms with Crippen molar-refractivity contribution in [2.45, 2.75) is 32.6 Å². The fourth-order valence-corrected chi connectivity index (χ4v) is 2.75. The van der Waals surface area contributed by atoms with E-state index in [1.54, 1.807) is 6.20 Å². The first kappa shape index (κ1) is 12.0. The minimum Gasteiger partial charge on any atom is -0.397 e. The van der Waals surface area contributed by atoms with Crippen LogP contribution in [0.4, 0.5) is 17.2 Å². The Morgan fingerprint density at radius 3 is 2.89 bits per heavy atom. The second-order valence-corrected chi connectivity index (χ2v) is 5.21. The third kappa shape index (κ3) is 2.41. The molecular formula is C16H19N3. The van der Waals surface area contributed by atoms with Crippen molar-refractivity contribution < 1.29 is 0 Å². The lowest BCUT2D eigenvalue weighted by atomic mass is 9.90. The number of benzene rings is 1. The second kappa shape index (κ2) is 4.92. The van der Waals surface area contributed by atoms with E-state index in [0.29, 0.717) is 5.69 Å². The lowest BCUT2D eigenvalue weighted by Crippen LogP contribution is -2.07. The van der Waals surface area contributed by atoms with Gasteiger partial charge in [0.1, 0.15) is 5.82 Å². The van der Waals surface area contributed by atoms with Crippen molar-refractivity contribution in [2.75, 3.05) is 11.1 Å². The highest BCUT2D eigenvalue weighted by molar-refractivity contribution is 5.66. The van der Waals surface area contributed by atoms with Gasteiger partial charge in [0, 0.05) is 5.69 Å². The smallest absolute Gasteiger partial charge is 0.133 e. The third-order valence-corrected chi connectivity index (χ3v) is 3.75. The molecular weight excluding hydrogens is 234 g/mol. The first-order chi connectivity index (χ1) is 9.24. The fraction of sp³-hybridized carbons (Fsp3) is 0.312. The Balaban J connectivity index is 1.95. The molecule has 3 nitrogen and oxygen atoms in total. The summed E-state index contributed by atoms with van der Waals surface area (Å²) >= 11 is 0. The highest BCUT2D eigenvalue weighted by Gasteiger charge is 2.13. The summed E-state index contributed by atoms with van der Waals surface area (Å²) in [4.78, 5) is 4.39. The van der Waals surface area contributed by atoms with Gasteiger partial charge in [-0.2, -0.15) is 0 Å². The number of pyridine rings is 1. The second-order valence-electron chi connectivity index (χ2n) is 5.21. The van der Waals surface area contributed by atoms with Crippen LogP contribution in [0.3, 0.4) is 0 Å². The highest BCUT2D eigenvalue weighted by atomic mass is 15.0. The Labute approximate surface area is 113 Å². The van der Waals surface area contributed by atoms with Crippen molar-refractivity contribution in [1.29, 1.82) is 0 Å². The lowest BCUT2D eigenvalue weighted by molar-refractivity contribution is 0.687. The number of hydrogen-bond donors (Lipinski definition) is 2. The molecule has 1 heterocycles. The van der Waals surface area contributed by atoms with E-state index >= 15 is 0 Å². The molecule has 98 valence electrons. The van der Waals surface area contributed by atoms with E-state index in [1.807, 2.05) is 13.0 Å². The summed E-state index contributed by atoms with van der Waals surface area (Å²) in [5.41, 5.74) is 11.6. The Hall–Kier alpha value is -2.03. The molecule has 0 unspecified atom stereocenters. The zero-order chi connectivity index (χ0) is 13.2. The third-order valence-electron chi connectivity index (χ3n) is 3.75. The van der Waals surface area contributed by atoms with Crippen LogP contribution in [-0.2, 0) is 12.8 Å². The van der Waals surface area contributed by atoms with Crippen LogP contribution in [0, 0.1) is 6.92 Å². The van der Waals surface area contributed by atoms with Gasteiger partial charge in [-0.25, -0.2) is 4.98 Å². The summed E-state index contributed by atoms with van der Waals surface area (Å²) in [6.45, 7) is 2.03. The summed E-state index contributed by atoms with van der Waals surface area (Å²) in [6, 6.07) is 8.45. The zero-order valence-corrected chi connectivity index (χ0v) is 11.2. The molecule has 2 aromatic rings. The van der Waals surface area contributed by atoms with E-state index in [0.717, 1.165) is 17.8 Å². The summed E-state index contributed by atoms with van der Waals surface area (Å²) < 4.78 is 0. The number of fused-ring (bicyclic) bond motifs is 1. The molecule has 0 amide bonds. The van der Waals surface area contributed by atoms with Crippen LogP contribution >= 0.6 is 0 Å². The van der Waals surface area contributed by atoms with E-state index in [1.165, 1.54) is 36.1 Å². The average Bonchev–Trinajstić information content (AvgIpc) is 2.42. The molecule has 0 spiro atoms. The predicted octanol–water partition coefficient (Wildman–Crippen LogP) is 3.59. The molecule has 3 rings (SSSR count). The van der Waals surface area contributed by atoms with Crippen molar-refractivity contribution >= 4 is 17.2 Å². The van der Waals surface area contributed by atoms with E-state index in [-0.39, 0.29) is 0 Å². The SMILES string of the molecule is Cc1cc(N)cnc1Nc1cccc2c1CCCC2. The number of aryl methyl sites for hydroxylation is 2. The number of nitrogen functional groups attached to an aromatic ring is 1. The van der Waals surface area contributed by atoms with Gasteiger partial charge in [-0.15, -0.1) is 0 Å². The van der Waals surface area contributed by atoms with Gasteiger partial charge in [0.2, 0.25) is 0 Å². The van der Waals surface area contributed by atoms with Crippen LogP contribution in [0.2, 0.25) is 0 Å². The number of aromatic nitrogens is 1. The summed E-state index contributed by atoms with van der Waals surface area (Å²) in [5, 5.41) is 3.46. The van der Waals surface area contributed by atoms with Crippen molar-refractivity contribution in [3.63, 3.8) is 0 Å². The molecule has 19 heavy (non-hydrogen) atoms. The number of rotatable bonds is 2. The molecule has 0 saturated carbocycles. The number of nitrogens with one attached hydrogen (secondary N) is 1. The maximum absolute atomic E-state index is 5.74. The minimum atomic E-state index is 0.707. The number of nitrogens with zero attached hydrogens (tertiary/aromatic N) is 1. The van der Waals surface area contributed by atoms with Crippen molar-refractivity contribution in [3.05, 3.63) is 47.2 Å². The van der Waals surface area contributed by atoms with Crippen molar-refractivity contribution in [3.8, 4) is 0 Å². The first-order valence-corrected chi connectivity index (χ1v) is 6.84. The maximum atomic E-state index is 5.74. The number of anilines is 3. The van der Waals surface area contributed by atoms with Gasteiger partial charge in [0.25, 0.3) is 0 Å². The molecule has 3 N–H and O–H groups in total. The lowest BCUT2D eigenvalue weighted by Gasteiger charge is -2.20. The molecule has 0 radical (unpaired) electrons. The highest BCUT2D eigenvalue weighted by Crippen LogP contribution is 2.30. The topological polar surface area (TPSA) is 50.9 Å². The molecule has 1 aromatic heterocycles. The zero-order valence-electron chi connectivity index (χ0n) is 11.2. The van der Waals surface area contributed by atoms with Crippen LogP contribution in [-0.4, -0.2) is 4.98 Å². The monoisotopic (exact) mass is 253 g/mol. The molecule has 3 heteroatoms. The molecule has 0 saturated heterocycles. The van der Waals surface area contributed by atoms with Crippen LogP contribution in [0.25, 0.3) is 0 Å². The normalized spacial score (nSPS) is 13.9. The molecule has 0 fully saturated rings. The standard InChI is InChI=1S/C16H19N3/c1-11-9-13(17)10-18-16(11)19-15-8-4-6-12-5-2-3-7-14(12)15/h4,6,8-10H,2-3,5,7,17H2,1H3,(H,18,19). The van der Waals surface area contributed by atoms with Crippen LogP contribution in [0.5, 0.6) is 0 Å². The van der Waals surface area contributed by atoms with Gasteiger partial charge >= 0.3 is 0 Å². The molecule has 1 aromatic carbocycles. The maximum Gasteiger partial charge on any atom is 0.133 e. The van der Waals surface area contributed by atoms with Gasteiger partial charge in [0.05, 0.1) is 11.9 Å². The summed E-state index contributed by atoms with van der Waals surface area (Å²) in [6.07, 6.45) is 6.63. The molecule has 0 aliphatic heterocycles. The number of hydrogen-bond acceptors (Lipinski definition) is 3. The van der Waals surface area contributed by atoms with Gasteiger partial charge in [-0.1, -0.05) is 12.1 Å². The fourth-order valence-electron chi connectivity index (χ4n) is 2.75. The first-order valence-electron chi connectivity index (χ1n) is 6.84. The van der Waals surface area contributed by atoms with E-state index in [9.17, 15) is 0 Å². The van der Waals surface area contributed by atoms with Crippen molar-refractivity contribution in [2.24, 2.45) is 0 Å². The predicted molar refractivity (Wildman–Crippen MR) is 79.8 cm³/mol. The van der Waals surface area contributed by atoms with E-state index < -0.39 is 0 Å². The Kier molecular flexibility index (Phi) is 3.11. The quantitative estimate of drug-likeness (QED) is 0.859. The van der Waals surface area contributed by atoms with E-state index in [4.69, 9.17) is 5.73 Å². The number of nitrogens with two attached hydrogens (primary N) is 1. The molecule has 0 atom stereocenters. The van der Waals surface area contributed by atoms with Gasteiger partial charge in [0.15, 0.2) is 0 Å². The molecule has 0 bridgehead atoms. The minimum absolute atomic E-state index is 0.707.